The topological polar surface area (TPSA) is 12.0 Å². The van der Waals surface area contributed by atoms with Gasteiger partial charge in [-0.1, -0.05) is 98.3 Å². The van der Waals surface area contributed by atoms with Crippen molar-refractivity contribution in [1.82, 2.24) is 5.32 Å². The molecule has 5 unspecified atom stereocenters. The summed E-state index contributed by atoms with van der Waals surface area (Å²) in [6.45, 7) is 13.5. The van der Waals surface area contributed by atoms with Crippen molar-refractivity contribution in [3.8, 4) is 0 Å². The van der Waals surface area contributed by atoms with Crippen molar-refractivity contribution in [3.05, 3.63) is 0 Å². The van der Waals surface area contributed by atoms with E-state index in [4.69, 9.17) is 0 Å². The van der Waals surface area contributed by atoms with Crippen molar-refractivity contribution in [1.29, 1.82) is 0 Å². The Labute approximate surface area is 153 Å². The summed E-state index contributed by atoms with van der Waals surface area (Å²) in [6.07, 6.45) is 17.4. The van der Waals surface area contributed by atoms with E-state index in [1.54, 1.807) is 0 Å². The average Bonchev–Trinajstić information content (AvgIpc) is 2.58. The predicted octanol–water partition coefficient (Wildman–Crippen LogP) is 7.20. The van der Waals surface area contributed by atoms with E-state index in [0.29, 0.717) is 6.04 Å². The van der Waals surface area contributed by atoms with Crippen LogP contribution in [0.3, 0.4) is 0 Å². The maximum absolute atomic E-state index is 3.85. The first-order valence-corrected chi connectivity index (χ1v) is 11.3. The molecular weight excluding hydrogens is 290 g/mol. The van der Waals surface area contributed by atoms with Gasteiger partial charge in [0.05, 0.1) is 0 Å². The first kappa shape index (κ1) is 22.0. The van der Waals surface area contributed by atoms with Crippen molar-refractivity contribution in [2.45, 2.75) is 118 Å². The summed E-state index contributed by atoms with van der Waals surface area (Å²) in [7, 11) is 0. The molecule has 144 valence electrons. The highest BCUT2D eigenvalue weighted by molar-refractivity contribution is 4.77. The van der Waals surface area contributed by atoms with Gasteiger partial charge in [0.2, 0.25) is 0 Å². The largest absolute Gasteiger partial charge is 0.314 e. The fraction of sp³-hybridized carbons (Fsp3) is 1.00. The molecule has 0 saturated carbocycles. The summed E-state index contributed by atoms with van der Waals surface area (Å²) in [5.74, 6) is 3.29. The lowest BCUT2D eigenvalue weighted by Gasteiger charge is -2.32. The molecule has 0 aromatic rings. The fourth-order valence-corrected chi connectivity index (χ4v) is 4.28. The minimum absolute atomic E-state index is 0.645. The van der Waals surface area contributed by atoms with Gasteiger partial charge >= 0.3 is 0 Å². The molecule has 1 N–H and O–H groups in total. The molecule has 1 fully saturated rings. The van der Waals surface area contributed by atoms with E-state index in [1.165, 1.54) is 83.6 Å². The Hall–Kier alpha value is -0.0400. The second kappa shape index (κ2) is 13.2. The highest BCUT2D eigenvalue weighted by Crippen LogP contribution is 2.28. The normalized spacial score (nSPS) is 37.1. The zero-order valence-electron chi connectivity index (χ0n) is 17.6. The van der Waals surface area contributed by atoms with Gasteiger partial charge in [0, 0.05) is 6.04 Å². The predicted molar refractivity (Wildman–Crippen MR) is 110 cm³/mol. The van der Waals surface area contributed by atoms with Crippen LogP contribution in [0.1, 0.15) is 112 Å². The van der Waals surface area contributed by atoms with Crippen molar-refractivity contribution in [2.75, 3.05) is 6.54 Å². The molecule has 1 heterocycles. The molecule has 1 heteroatoms. The number of nitrogens with one attached hydrogen (secondary N) is 1. The van der Waals surface area contributed by atoms with Crippen LogP contribution < -0.4 is 5.32 Å². The Morgan fingerprint density at radius 3 is 1.54 bits per heavy atom. The Balaban J connectivity index is 2.45. The Kier molecular flexibility index (Phi) is 12.1. The minimum Gasteiger partial charge on any atom is -0.314 e. The van der Waals surface area contributed by atoms with E-state index >= 15 is 0 Å². The lowest BCUT2D eigenvalue weighted by Crippen LogP contribution is -2.39. The standard InChI is InChI=1S/C23H47N/c1-19-16-14-12-10-8-6-7-9-11-13-15-17-20(2)21(3)22(4)23(5)24-18-19/h19-24H,6-18H2,1-5H3. The fourth-order valence-electron chi connectivity index (χ4n) is 4.28. The summed E-state index contributed by atoms with van der Waals surface area (Å²) in [5, 5.41) is 3.85. The van der Waals surface area contributed by atoms with Gasteiger partial charge < -0.3 is 5.32 Å². The summed E-state index contributed by atoms with van der Waals surface area (Å²) >= 11 is 0. The van der Waals surface area contributed by atoms with Gasteiger partial charge in [-0.25, -0.2) is 0 Å². The molecular formula is C23H47N. The Morgan fingerprint density at radius 2 is 1.00 bits per heavy atom. The number of hydrogen-bond acceptors (Lipinski definition) is 1. The summed E-state index contributed by atoms with van der Waals surface area (Å²) < 4.78 is 0. The van der Waals surface area contributed by atoms with Crippen LogP contribution in [-0.4, -0.2) is 12.6 Å². The molecule has 0 radical (unpaired) electrons. The van der Waals surface area contributed by atoms with Gasteiger partial charge in [-0.3, -0.25) is 0 Å². The first-order valence-electron chi connectivity index (χ1n) is 11.3. The van der Waals surface area contributed by atoms with Crippen molar-refractivity contribution in [2.24, 2.45) is 23.7 Å². The molecule has 24 heavy (non-hydrogen) atoms. The molecule has 1 nitrogen and oxygen atoms in total. The van der Waals surface area contributed by atoms with Crippen LogP contribution in [0, 0.1) is 23.7 Å². The van der Waals surface area contributed by atoms with Crippen LogP contribution in [-0.2, 0) is 0 Å². The van der Waals surface area contributed by atoms with Crippen LogP contribution in [0.25, 0.3) is 0 Å². The van der Waals surface area contributed by atoms with Gasteiger partial charge in [0.25, 0.3) is 0 Å². The first-order chi connectivity index (χ1) is 11.5. The number of rotatable bonds is 0. The summed E-state index contributed by atoms with van der Waals surface area (Å²) in [5.41, 5.74) is 0. The third-order valence-corrected chi connectivity index (χ3v) is 6.91. The molecule has 0 aliphatic carbocycles. The highest BCUT2D eigenvalue weighted by atomic mass is 14.9. The van der Waals surface area contributed by atoms with Crippen LogP contribution in [0.15, 0.2) is 0 Å². The van der Waals surface area contributed by atoms with Gasteiger partial charge in [0.1, 0.15) is 0 Å². The van der Waals surface area contributed by atoms with Crippen LogP contribution in [0.4, 0.5) is 0 Å². The molecule has 0 aromatic heterocycles. The molecule has 1 rings (SSSR count). The van der Waals surface area contributed by atoms with E-state index in [9.17, 15) is 0 Å². The number of hydrogen-bond donors (Lipinski definition) is 1. The molecule has 1 aliphatic heterocycles. The zero-order valence-corrected chi connectivity index (χ0v) is 17.6. The Bertz CT molecular complexity index is 288. The SMILES string of the molecule is CC1CCCCCCCCCCCCC(C)C(C)C(C)C(C)NC1. The third kappa shape index (κ3) is 9.44. The molecule has 1 saturated heterocycles. The summed E-state index contributed by atoms with van der Waals surface area (Å²) in [4.78, 5) is 0. The van der Waals surface area contributed by atoms with E-state index in [-0.39, 0.29) is 0 Å². The van der Waals surface area contributed by atoms with Crippen LogP contribution in [0.5, 0.6) is 0 Å². The summed E-state index contributed by atoms with van der Waals surface area (Å²) in [6, 6.07) is 0.645. The average molecular weight is 338 g/mol. The van der Waals surface area contributed by atoms with Gasteiger partial charge in [-0.05, 0) is 43.6 Å². The van der Waals surface area contributed by atoms with Crippen molar-refractivity contribution < 1.29 is 0 Å². The maximum Gasteiger partial charge on any atom is 0.00671 e. The Morgan fingerprint density at radius 1 is 0.542 bits per heavy atom. The third-order valence-electron chi connectivity index (χ3n) is 6.91. The highest BCUT2D eigenvalue weighted by Gasteiger charge is 2.23. The second-order valence-electron chi connectivity index (χ2n) is 9.11. The van der Waals surface area contributed by atoms with Crippen LogP contribution in [0.2, 0.25) is 0 Å². The maximum atomic E-state index is 3.85. The minimum atomic E-state index is 0.645. The molecule has 0 amide bonds. The van der Waals surface area contributed by atoms with Crippen LogP contribution >= 0.6 is 0 Å². The molecule has 1 aliphatic rings. The zero-order chi connectivity index (χ0) is 17.8. The van der Waals surface area contributed by atoms with Crippen molar-refractivity contribution in [3.63, 3.8) is 0 Å². The van der Waals surface area contributed by atoms with Crippen molar-refractivity contribution >= 4 is 0 Å². The second-order valence-corrected chi connectivity index (χ2v) is 9.11. The van der Waals surface area contributed by atoms with E-state index < -0.39 is 0 Å². The monoisotopic (exact) mass is 337 g/mol. The van der Waals surface area contributed by atoms with Gasteiger partial charge in [-0.2, -0.15) is 0 Å². The van der Waals surface area contributed by atoms with E-state index in [1.807, 2.05) is 0 Å². The van der Waals surface area contributed by atoms with Gasteiger partial charge in [0.15, 0.2) is 0 Å². The molecule has 5 atom stereocenters. The lowest BCUT2D eigenvalue weighted by atomic mass is 9.79. The van der Waals surface area contributed by atoms with E-state index in [0.717, 1.165) is 23.7 Å². The lowest BCUT2D eigenvalue weighted by molar-refractivity contribution is 0.212. The van der Waals surface area contributed by atoms with Gasteiger partial charge in [-0.15, -0.1) is 0 Å². The molecule has 0 spiro atoms. The van der Waals surface area contributed by atoms with E-state index in [2.05, 4.69) is 39.9 Å². The molecule has 0 bridgehead atoms. The molecule has 0 aromatic carbocycles. The quantitative estimate of drug-likeness (QED) is 0.492. The smallest absolute Gasteiger partial charge is 0.00671 e.